The molecular formula is C20H22N2O. The molecule has 3 aromatic rings. The molecule has 1 atom stereocenters. The van der Waals surface area contributed by atoms with Crippen molar-refractivity contribution in [1.82, 2.24) is 4.98 Å². The van der Waals surface area contributed by atoms with Crippen LogP contribution in [-0.4, -0.2) is 18.6 Å². The molecule has 23 heavy (non-hydrogen) atoms. The average molecular weight is 306 g/mol. The Kier molecular flexibility index (Phi) is 4.77. The number of rotatable bonds is 6. The summed E-state index contributed by atoms with van der Waals surface area (Å²) in [5, 5.41) is 4.69. The van der Waals surface area contributed by atoms with Crippen LogP contribution in [0.3, 0.4) is 0 Å². The van der Waals surface area contributed by atoms with Crippen LogP contribution < -0.4 is 10.1 Å². The SMILES string of the molecule is COc1cccc(C(C)CCNc2cccc3cccnc23)c1. The van der Waals surface area contributed by atoms with Crippen molar-refractivity contribution in [1.29, 1.82) is 0 Å². The fourth-order valence-corrected chi connectivity index (χ4v) is 2.78. The molecule has 0 spiro atoms. The summed E-state index contributed by atoms with van der Waals surface area (Å²) in [7, 11) is 1.71. The van der Waals surface area contributed by atoms with E-state index in [0.717, 1.165) is 29.9 Å². The molecule has 0 amide bonds. The molecule has 0 aliphatic heterocycles. The molecule has 3 nitrogen and oxygen atoms in total. The number of nitrogens with one attached hydrogen (secondary N) is 1. The highest BCUT2D eigenvalue weighted by Gasteiger charge is 2.07. The molecule has 3 heteroatoms. The molecule has 1 N–H and O–H groups in total. The molecule has 0 aliphatic carbocycles. The van der Waals surface area contributed by atoms with E-state index < -0.39 is 0 Å². The predicted molar refractivity (Wildman–Crippen MR) is 96.3 cm³/mol. The van der Waals surface area contributed by atoms with Gasteiger partial charge in [0.05, 0.1) is 18.3 Å². The largest absolute Gasteiger partial charge is 0.497 e. The summed E-state index contributed by atoms with van der Waals surface area (Å²) >= 11 is 0. The van der Waals surface area contributed by atoms with E-state index in [1.807, 2.05) is 24.4 Å². The highest BCUT2D eigenvalue weighted by molar-refractivity contribution is 5.90. The zero-order valence-electron chi connectivity index (χ0n) is 13.6. The molecule has 1 aromatic heterocycles. The van der Waals surface area contributed by atoms with Crippen LogP contribution in [0.15, 0.2) is 60.8 Å². The highest BCUT2D eigenvalue weighted by atomic mass is 16.5. The van der Waals surface area contributed by atoms with Crippen LogP contribution in [0.1, 0.15) is 24.8 Å². The summed E-state index contributed by atoms with van der Waals surface area (Å²) < 4.78 is 5.30. The summed E-state index contributed by atoms with van der Waals surface area (Å²) in [5.74, 6) is 1.39. The maximum absolute atomic E-state index is 5.30. The molecule has 0 saturated carbocycles. The smallest absolute Gasteiger partial charge is 0.119 e. The van der Waals surface area contributed by atoms with E-state index in [-0.39, 0.29) is 0 Å². The van der Waals surface area contributed by atoms with Crippen molar-refractivity contribution < 1.29 is 4.74 Å². The van der Waals surface area contributed by atoms with Crippen LogP contribution >= 0.6 is 0 Å². The minimum atomic E-state index is 0.473. The van der Waals surface area contributed by atoms with Gasteiger partial charge in [0.25, 0.3) is 0 Å². The zero-order chi connectivity index (χ0) is 16.1. The molecule has 0 bridgehead atoms. The van der Waals surface area contributed by atoms with Crippen molar-refractivity contribution >= 4 is 16.6 Å². The van der Waals surface area contributed by atoms with Gasteiger partial charge in [0, 0.05) is 18.1 Å². The molecule has 3 rings (SSSR count). The van der Waals surface area contributed by atoms with E-state index in [1.165, 1.54) is 10.9 Å². The Morgan fingerprint density at radius 1 is 1.09 bits per heavy atom. The first-order valence-electron chi connectivity index (χ1n) is 7.99. The van der Waals surface area contributed by atoms with Gasteiger partial charge in [-0.05, 0) is 42.2 Å². The number of ether oxygens (including phenoxy) is 1. The number of fused-ring (bicyclic) bond motifs is 1. The Balaban J connectivity index is 1.64. The van der Waals surface area contributed by atoms with Crippen LogP contribution in [0.5, 0.6) is 5.75 Å². The molecule has 118 valence electrons. The maximum atomic E-state index is 5.30. The first-order chi connectivity index (χ1) is 11.3. The minimum absolute atomic E-state index is 0.473. The van der Waals surface area contributed by atoms with Gasteiger partial charge in [0.1, 0.15) is 5.75 Å². The van der Waals surface area contributed by atoms with E-state index >= 15 is 0 Å². The van der Waals surface area contributed by atoms with Crippen LogP contribution in [0.25, 0.3) is 10.9 Å². The van der Waals surface area contributed by atoms with Gasteiger partial charge in [0.15, 0.2) is 0 Å². The number of hydrogen-bond acceptors (Lipinski definition) is 3. The Bertz CT molecular complexity index is 780. The van der Waals surface area contributed by atoms with Crippen molar-refractivity contribution in [2.24, 2.45) is 0 Å². The standard InChI is InChI=1S/C20H22N2O/c1-15(17-7-3-9-18(14-17)23-2)11-13-21-19-10-4-6-16-8-5-12-22-20(16)19/h3-10,12,14-15,21H,11,13H2,1-2H3. The number of methoxy groups -OCH3 is 1. The topological polar surface area (TPSA) is 34.1 Å². The lowest BCUT2D eigenvalue weighted by Crippen LogP contribution is -2.06. The van der Waals surface area contributed by atoms with Gasteiger partial charge < -0.3 is 10.1 Å². The number of hydrogen-bond donors (Lipinski definition) is 1. The van der Waals surface area contributed by atoms with Crippen molar-refractivity contribution in [3.8, 4) is 5.75 Å². The number of para-hydroxylation sites is 1. The summed E-state index contributed by atoms with van der Waals surface area (Å²) in [6.07, 6.45) is 2.89. The lowest BCUT2D eigenvalue weighted by Gasteiger charge is -2.14. The van der Waals surface area contributed by atoms with Gasteiger partial charge in [0.2, 0.25) is 0 Å². The molecular weight excluding hydrogens is 284 g/mol. The van der Waals surface area contributed by atoms with E-state index in [1.54, 1.807) is 7.11 Å². The normalized spacial score (nSPS) is 12.1. The third-order valence-corrected chi connectivity index (χ3v) is 4.19. The van der Waals surface area contributed by atoms with Crippen LogP contribution in [0.4, 0.5) is 5.69 Å². The maximum Gasteiger partial charge on any atom is 0.119 e. The number of aromatic nitrogens is 1. The number of anilines is 1. The fourth-order valence-electron chi connectivity index (χ4n) is 2.78. The average Bonchev–Trinajstić information content (AvgIpc) is 2.62. The van der Waals surface area contributed by atoms with E-state index in [2.05, 4.69) is 53.6 Å². The fraction of sp³-hybridized carbons (Fsp3) is 0.250. The third-order valence-electron chi connectivity index (χ3n) is 4.19. The Morgan fingerprint density at radius 3 is 2.78 bits per heavy atom. The first-order valence-corrected chi connectivity index (χ1v) is 7.99. The number of nitrogens with zero attached hydrogens (tertiary/aromatic N) is 1. The minimum Gasteiger partial charge on any atom is -0.497 e. The second-order valence-electron chi connectivity index (χ2n) is 5.77. The molecule has 0 fully saturated rings. The summed E-state index contributed by atoms with van der Waals surface area (Å²) in [6, 6.07) is 18.6. The van der Waals surface area contributed by atoms with Crippen LogP contribution in [0, 0.1) is 0 Å². The lowest BCUT2D eigenvalue weighted by molar-refractivity contribution is 0.414. The van der Waals surface area contributed by atoms with E-state index in [4.69, 9.17) is 4.74 Å². The van der Waals surface area contributed by atoms with Gasteiger partial charge in [-0.2, -0.15) is 0 Å². The highest BCUT2D eigenvalue weighted by Crippen LogP contribution is 2.24. The Labute approximate surface area is 137 Å². The van der Waals surface area contributed by atoms with Crippen molar-refractivity contribution in [3.05, 3.63) is 66.4 Å². The molecule has 0 saturated heterocycles. The van der Waals surface area contributed by atoms with Crippen LogP contribution in [-0.2, 0) is 0 Å². The summed E-state index contributed by atoms with van der Waals surface area (Å²) in [4.78, 5) is 4.48. The summed E-state index contributed by atoms with van der Waals surface area (Å²) in [6.45, 7) is 3.16. The predicted octanol–water partition coefficient (Wildman–Crippen LogP) is 4.85. The molecule has 1 heterocycles. The monoisotopic (exact) mass is 306 g/mol. The molecule has 2 aromatic carbocycles. The summed E-state index contributed by atoms with van der Waals surface area (Å²) in [5.41, 5.74) is 3.44. The van der Waals surface area contributed by atoms with Crippen molar-refractivity contribution in [3.63, 3.8) is 0 Å². The quantitative estimate of drug-likeness (QED) is 0.707. The van der Waals surface area contributed by atoms with E-state index in [9.17, 15) is 0 Å². The third kappa shape index (κ3) is 3.62. The number of pyridine rings is 1. The Morgan fingerprint density at radius 2 is 1.91 bits per heavy atom. The molecule has 0 radical (unpaired) electrons. The van der Waals surface area contributed by atoms with Crippen LogP contribution in [0.2, 0.25) is 0 Å². The van der Waals surface area contributed by atoms with Gasteiger partial charge in [-0.3, -0.25) is 4.98 Å². The molecule has 1 unspecified atom stereocenters. The van der Waals surface area contributed by atoms with Gasteiger partial charge >= 0.3 is 0 Å². The van der Waals surface area contributed by atoms with Gasteiger partial charge in [-0.25, -0.2) is 0 Å². The lowest BCUT2D eigenvalue weighted by atomic mass is 9.97. The van der Waals surface area contributed by atoms with Crippen molar-refractivity contribution in [2.45, 2.75) is 19.3 Å². The first kappa shape index (κ1) is 15.3. The zero-order valence-corrected chi connectivity index (χ0v) is 13.6. The second-order valence-corrected chi connectivity index (χ2v) is 5.77. The van der Waals surface area contributed by atoms with Crippen molar-refractivity contribution in [2.75, 3.05) is 19.0 Å². The van der Waals surface area contributed by atoms with E-state index in [0.29, 0.717) is 5.92 Å². The molecule has 0 aliphatic rings. The van der Waals surface area contributed by atoms with Gasteiger partial charge in [-0.15, -0.1) is 0 Å². The number of benzene rings is 2. The second kappa shape index (κ2) is 7.14. The van der Waals surface area contributed by atoms with Gasteiger partial charge in [-0.1, -0.05) is 37.3 Å². The Hall–Kier alpha value is -2.55.